The highest BCUT2D eigenvalue weighted by molar-refractivity contribution is 6.02. The standard InChI is InChI=1S/C11H19N3O2/c1-8-2-4-11(7-12,5-3-8)14-9(15)6-13-10(14)16/h8H,2-7,12H2,1H3,(H,13,16). The summed E-state index contributed by atoms with van der Waals surface area (Å²) in [4.78, 5) is 24.8. The molecule has 0 aromatic rings. The van der Waals surface area contributed by atoms with E-state index in [1.165, 1.54) is 4.90 Å². The van der Waals surface area contributed by atoms with E-state index in [-0.39, 0.29) is 18.5 Å². The smallest absolute Gasteiger partial charge is 0.325 e. The molecule has 2 aliphatic rings. The van der Waals surface area contributed by atoms with E-state index in [0.717, 1.165) is 25.7 Å². The number of urea groups is 1. The number of nitrogens with zero attached hydrogens (tertiary/aromatic N) is 1. The van der Waals surface area contributed by atoms with Gasteiger partial charge in [0, 0.05) is 6.54 Å². The van der Waals surface area contributed by atoms with Gasteiger partial charge in [0.2, 0.25) is 0 Å². The fourth-order valence-electron chi connectivity index (χ4n) is 2.72. The highest BCUT2D eigenvalue weighted by Gasteiger charge is 2.46. The molecule has 1 heterocycles. The van der Waals surface area contributed by atoms with Crippen molar-refractivity contribution in [2.75, 3.05) is 13.1 Å². The minimum Gasteiger partial charge on any atom is -0.329 e. The van der Waals surface area contributed by atoms with Crippen LogP contribution in [-0.2, 0) is 4.79 Å². The number of hydrogen-bond acceptors (Lipinski definition) is 3. The Hall–Kier alpha value is -1.10. The van der Waals surface area contributed by atoms with Crippen LogP contribution in [0.15, 0.2) is 0 Å². The van der Waals surface area contributed by atoms with Crippen LogP contribution in [0.5, 0.6) is 0 Å². The third-order valence-corrected chi connectivity index (χ3v) is 3.90. The van der Waals surface area contributed by atoms with Gasteiger partial charge < -0.3 is 11.1 Å². The first-order valence-corrected chi connectivity index (χ1v) is 5.90. The summed E-state index contributed by atoms with van der Waals surface area (Å²) in [5, 5.41) is 2.57. The number of carbonyl (C=O) groups excluding carboxylic acids is 2. The van der Waals surface area contributed by atoms with Crippen LogP contribution < -0.4 is 11.1 Å². The Morgan fingerprint density at radius 2 is 2.06 bits per heavy atom. The molecular formula is C11H19N3O2. The van der Waals surface area contributed by atoms with E-state index in [1.54, 1.807) is 0 Å². The van der Waals surface area contributed by atoms with Gasteiger partial charge in [-0.15, -0.1) is 0 Å². The topological polar surface area (TPSA) is 75.4 Å². The van der Waals surface area contributed by atoms with Gasteiger partial charge in [-0.1, -0.05) is 6.92 Å². The van der Waals surface area contributed by atoms with Crippen LogP contribution in [0.1, 0.15) is 32.6 Å². The van der Waals surface area contributed by atoms with Gasteiger partial charge in [0.05, 0.1) is 12.1 Å². The van der Waals surface area contributed by atoms with Crippen LogP contribution >= 0.6 is 0 Å². The Kier molecular flexibility index (Phi) is 2.88. The molecule has 0 atom stereocenters. The van der Waals surface area contributed by atoms with Crippen molar-refractivity contribution in [3.63, 3.8) is 0 Å². The lowest BCUT2D eigenvalue weighted by molar-refractivity contribution is -0.130. The molecule has 0 spiro atoms. The van der Waals surface area contributed by atoms with Crippen LogP contribution in [0.3, 0.4) is 0 Å². The SMILES string of the molecule is CC1CCC(CN)(N2C(=O)CNC2=O)CC1. The highest BCUT2D eigenvalue weighted by atomic mass is 16.2. The maximum absolute atomic E-state index is 11.7. The summed E-state index contributed by atoms with van der Waals surface area (Å²) < 4.78 is 0. The summed E-state index contributed by atoms with van der Waals surface area (Å²) in [5.74, 6) is 0.533. The molecule has 3 amide bonds. The normalized spacial score (nSPS) is 35.4. The molecule has 3 N–H and O–H groups in total. The lowest BCUT2D eigenvalue weighted by Crippen LogP contribution is -2.58. The van der Waals surface area contributed by atoms with Crippen LogP contribution in [0.2, 0.25) is 0 Å². The van der Waals surface area contributed by atoms with E-state index < -0.39 is 5.54 Å². The Labute approximate surface area is 95.3 Å². The largest absolute Gasteiger partial charge is 0.329 e. The molecule has 0 bridgehead atoms. The third kappa shape index (κ3) is 1.69. The number of amides is 3. The predicted molar refractivity (Wildman–Crippen MR) is 59.7 cm³/mol. The number of carbonyl (C=O) groups is 2. The zero-order valence-electron chi connectivity index (χ0n) is 9.66. The summed E-state index contributed by atoms with van der Waals surface area (Å²) in [6.07, 6.45) is 3.75. The molecule has 1 saturated heterocycles. The first kappa shape index (κ1) is 11.4. The van der Waals surface area contributed by atoms with Crippen molar-refractivity contribution >= 4 is 11.9 Å². The van der Waals surface area contributed by atoms with Crippen molar-refractivity contribution < 1.29 is 9.59 Å². The van der Waals surface area contributed by atoms with Crippen molar-refractivity contribution in [1.29, 1.82) is 0 Å². The molecule has 90 valence electrons. The molecule has 1 aliphatic carbocycles. The van der Waals surface area contributed by atoms with Gasteiger partial charge in [0.25, 0.3) is 5.91 Å². The van der Waals surface area contributed by atoms with Crippen LogP contribution in [0.4, 0.5) is 4.79 Å². The van der Waals surface area contributed by atoms with Gasteiger partial charge >= 0.3 is 6.03 Å². The number of imide groups is 1. The van der Waals surface area contributed by atoms with Crippen LogP contribution in [0, 0.1) is 5.92 Å². The van der Waals surface area contributed by atoms with Gasteiger partial charge in [-0.05, 0) is 31.6 Å². The predicted octanol–water partition coefficient (Wildman–Crippen LogP) is 0.446. The molecule has 0 aromatic carbocycles. The molecular weight excluding hydrogens is 206 g/mol. The number of nitrogens with one attached hydrogen (secondary N) is 1. The van der Waals surface area contributed by atoms with Crippen LogP contribution in [0.25, 0.3) is 0 Å². The van der Waals surface area contributed by atoms with Crippen molar-refractivity contribution in [2.45, 2.75) is 38.1 Å². The molecule has 0 aromatic heterocycles. The van der Waals surface area contributed by atoms with E-state index in [9.17, 15) is 9.59 Å². The molecule has 5 heteroatoms. The van der Waals surface area contributed by atoms with E-state index >= 15 is 0 Å². The van der Waals surface area contributed by atoms with Gasteiger partial charge in [0.1, 0.15) is 0 Å². The lowest BCUT2D eigenvalue weighted by atomic mass is 9.76. The van der Waals surface area contributed by atoms with E-state index in [4.69, 9.17) is 5.73 Å². The lowest BCUT2D eigenvalue weighted by Gasteiger charge is -2.43. The summed E-state index contributed by atoms with van der Waals surface area (Å²) in [7, 11) is 0. The molecule has 1 saturated carbocycles. The molecule has 2 fully saturated rings. The Morgan fingerprint density at radius 3 is 2.50 bits per heavy atom. The Morgan fingerprint density at radius 1 is 1.44 bits per heavy atom. The first-order chi connectivity index (χ1) is 7.59. The maximum Gasteiger partial charge on any atom is 0.325 e. The number of rotatable bonds is 2. The monoisotopic (exact) mass is 225 g/mol. The maximum atomic E-state index is 11.7. The second kappa shape index (κ2) is 4.05. The van der Waals surface area contributed by atoms with Gasteiger partial charge in [-0.3, -0.25) is 9.69 Å². The molecule has 5 nitrogen and oxygen atoms in total. The second-order valence-electron chi connectivity index (χ2n) is 5.00. The molecule has 1 aliphatic heterocycles. The summed E-state index contributed by atoms with van der Waals surface area (Å²) in [6.45, 7) is 2.70. The Balaban J connectivity index is 2.20. The molecule has 16 heavy (non-hydrogen) atoms. The zero-order valence-corrected chi connectivity index (χ0v) is 9.66. The summed E-state index contributed by atoms with van der Waals surface area (Å²) in [5.41, 5.74) is 5.39. The van der Waals surface area contributed by atoms with E-state index in [0.29, 0.717) is 12.5 Å². The van der Waals surface area contributed by atoms with Crippen molar-refractivity contribution in [3.05, 3.63) is 0 Å². The van der Waals surface area contributed by atoms with E-state index in [1.807, 2.05) is 0 Å². The fraction of sp³-hybridized carbons (Fsp3) is 0.818. The van der Waals surface area contributed by atoms with Crippen LogP contribution in [-0.4, -0.2) is 35.5 Å². The molecule has 0 unspecified atom stereocenters. The van der Waals surface area contributed by atoms with Crippen molar-refractivity contribution in [1.82, 2.24) is 10.2 Å². The van der Waals surface area contributed by atoms with E-state index in [2.05, 4.69) is 12.2 Å². The fourth-order valence-corrected chi connectivity index (χ4v) is 2.72. The van der Waals surface area contributed by atoms with Gasteiger partial charge in [-0.25, -0.2) is 4.79 Å². The average Bonchev–Trinajstić information content (AvgIpc) is 2.62. The summed E-state index contributed by atoms with van der Waals surface area (Å²) >= 11 is 0. The Bertz CT molecular complexity index is 292. The average molecular weight is 225 g/mol. The molecule has 0 radical (unpaired) electrons. The minimum atomic E-state index is -0.426. The van der Waals surface area contributed by atoms with Crippen molar-refractivity contribution in [3.8, 4) is 0 Å². The zero-order chi connectivity index (χ0) is 11.8. The number of hydrogen-bond donors (Lipinski definition) is 2. The van der Waals surface area contributed by atoms with Crippen molar-refractivity contribution in [2.24, 2.45) is 11.7 Å². The molecule has 2 rings (SSSR count). The second-order valence-corrected chi connectivity index (χ2v) is 5.00. The third-order valence-electron chi connectivity index (χ3n) is 3.90. The van der Waals surface area contributed by atoms with Gasteiger partial charge in [-0.2, -0.15) is 0 Å². The summed E-state index contributed by atoms with van der Waals surface area (Å²) in [6, 6.07) is -0.273. The highest BCUT2D eigenvalue weighted by Crippen LogP contribution is 2.36. The quantitative estimate of drug-likeness (QED) is 0.670. The first-order valence-electron chi connectivity index (χ1n) is 5.90. The minimum absolute atomic E-state index is 0.121. The number of nitrogens with two attached hydrogens (primary N) is 1. The van der Waals surface area contributed by atoms with Gasteiger partial charge in [0.15, 0.2) is 0 Å².